The second-order valence-corrected chi connectivity index (χ2v) is 8.58. The smallest absolute Gasteiger partial charge is 0.196 e. The number of benzene rings is 4. The summed E-state index contributed by atoms with van der Waals surface area (Å²) in [5, 5.41) is 7.05. The zero-order valence-electron chi connectivity index (χ0n) is 17.2. The Kier molecular flexibility index (Phi) is 3.37. The fraction of sp³-hybridized carbons (Fsp3) is 0.0714. The lowest BCUT2D eigenvalue weighted by molar-refractivity contribution is 0.0980. The van der Waals surface area contributed by atoms with Gasteiger partial charge in [0.2, 0.25) is 0 Å². The largest absolute Gasteiger partial charge is 0.354 e. The minimum absolute atomic E-state index is 0.0956. The van der Waals surface area contributed by atoms with Crippen LogP contribution in [0.4, 0.5) is 22.7 Å². The molecule has 2 N–H and O–H groups in total. The number of carbonyl (C=O) groups is 2. The summed E-state index contributed by atoms with van der Waals surface area (Å²) >= 11 is 0. The van der Waals surface area contributed by atoms with Gasteiger partial charge < -0.3 is 10.6 Å². The Morgan fingerprint density at radius 2 is 0.938 bits per heavy atom. The molecule has 0 radical (unpaired) electrons. The molecular weight excluding hydrogens is 396 g/mol. The average molecular weight is 414 g/mol. The van der Waals surface area contributed by atoms with Crippen molar-refractivity contribution >= 4 is 34.3 Å². The topological polar surface area (TPSA) is 58.2 Å². The number of anilines is 4. The van der Waals surface area contributed by atoms with Crippen LogP contribution in [0.2, 0.25) is 0 Å². The van der Waals surface area contributed by atoms with Crippen LogP contribution in [0.5, 0.6) is 0 Å². The van der Waals surface area contributed by atoms with Crippen molar-refractivity contribution in [3.8, 4) is 0 Å². The minimum atomic E-state index is -0.0956. The van der Waals surface area contributed by atoms with Gasteiger partial charge in [0.25, 0.3) is 0 Å². The molecule has 3 aliphatic rings. The van der Waals surface area contributed by atoms with Gasteiger partial charge in [-0.2, -0.15) is 0 Å². The van der Waals surface area contributed by atoms with Crippen molar-refractivity contribution in [2.75, 3.05) is 10.6 Å². The Morgan fingerprint density at radius 1 is 0.531 bits per heavy atom. The number of hydrogen-bond donors (Lipinski definition) is 2. The highest BCUT2D eigenvalue weighted by Gasteiger charge is 2.39. The highest BCUT2D eigenvalue weighted by molar-refractivity contribution is 6.32. The van der Waals surface area contributed by atoms with Crippen LogP contribution in [0.15, 0.2) is 72.8 Å². The van der Waals surface area contributed by atoms with E-state index in [2.05, 4.69) is 22.8 Å². The van der Waals surface area contributed by atoms with Gasteiger partial charge in [0, 0.05) is 35.3 Å². The highest BCUT2D eigenvalue weighted by atomic mass is 16.1. The van der Waals surface area contributed by atoms with Crippen molar-refractivity contribution in [2.24, 2.45) is 0 Å². The molecule has 0 atom stereocenters. The molecular formula is C28H18N2O2. The standard InChI is InChI=1S/C28H18N2O2/c31-27-17-9-3-4-10-18(17)28(32)24-23(27)25-19(13-15-7-1-5-11-21(15)29-25)20-14-16-8-2-6-12-22(16)30-26(20)24/h1-12,29-30H,13-14H2. The number of rotatable bonds is 0. The number of fused-ring (bicyclic) bond motifs is 9. The first-order valence-electron chi connectivity index (χ1n) is 10.8. The Labute approximate surface area is 184 Å². The SMILES string of the molecule is O=C1c2ccccc2C(=O)c2c3c(c4c(c21)Nc1ccccc1C4)Cc1ccccc1N3. The molecule has 2 heterocycles. The molecule has 0 saturated heterocycles. The monoisotopic (exact) mass is 414 g/mol. The maximum atomic E-state index is 13.7. The van der Waals surface area contributed by atoms with E-state index >= 15 is 0 Å². The fourth-order valence-electron chi connectivity index (χ4n) is 5.37. The highest BCUT2D eigenvalue weighted by Crippen LogP contribution is 2.49. The van der Waals surface area contributed by atoms with E-state index in [1.54, 1.807) is 12.1 Å². The number of ketones is 2. The van der Waals surface area contributed by atoms with E-state index in [1.165, 1.54) is 11.1 Å². The first-order chi connectivity index (χ1) is 15.7. The van der Waals surface area contributed by atoms with Gasteiger partial charge in [-0.05, 0) is 34.4 Å². The van der Waals surface area contributed by atoms with Gasteiger partial charge in [-0.1, -0.05) is 60.7 Å². The lowest BCUT2D eigenvalue weighted by Crippen LogP contribution is -2.28. The van der Waals surface area contributed by atoms with E-state index in [0.717, 1.165) is 46.7 Å². The summed E-state index contributed by atoms with van der Waals surface area (Å²) < 4.78 is 0. The predicted octanol–water partition coefficient (Wildman–Crippen LogP) is 5.76. The van der Waals surface area contributed by atoms with Crippen LogP contribution in [0.1, 0.15) is 54.1 Å². The third-order valence-corrected chi connectivity index (χ3v) is 6.88. The molecule has 0 unspecified atom stereocenters. The molecule has 4 aromatic carbocycles. The van der Waals surface area contributed by atoms with Gasteiger partial charge in [-0.25, -0.2) is 0 Å². The summed E-state index contributed by atoms with van der Waals surface area (Å²) in [6, 6.07) is 23.5. The Morgan fingerprint density at radius 3 is 1.41 bits per heavy atom. The van der Waals surface area contributed by atoms with Crippen LogP contribution < -0.4 is 10.6 Å². The lowest BCUT2D eigenvalue weighted by atomic mass is 9.76. The second kappa shape index (κ2) is 6.17. The molecule has 1 aliphatic carbocycles. The molecule has 0 aromatic heterocycles. The van der Waals surface area contributed by atoms with Gasteiger partial charge in [0.05, 0.1) is 22.5 Å². The van der Waals surface area contributed by atoms with Crippen molar-refractivity contribution in [2.45, 2.75) is 12.8 Å². The van der Waals surface area contributed by atoms with Crippen molar-refractivity contribution in [3.63, 3.8) is 0 Å². The van der Waals surface area contributed by atoms with Crippen molar-refractivity contribution in [1.82, 2.24) is 0 Å². The van der Waals surface area contributed by atoms with Crippen molar-refractivity contribution < 1.29 is 9.59 Å². The van der Waals surface area contributed by atoms with Crippen LogP contribution in [0, 0.1) is 0 Å². The lowest BCUT2D eigenvalue weighted by Gasteiger charge is -2.34. The fourth-order valence-corrected chi connectivity index (χ4v) is 5.37. The number of hydrogen-bond acceptors (Lipinski definition) is 4. The van der Waals surface area contributed by atoms with Crippen molar-refractivity contribution in [3.05, 3.63) is 117 Å². The Balaban J connectivity index is 1.56. The van der Waals surface area contributed by atoms with Gasteiger partial charge in [-0.15, -0.1) is 0 Å². The summed E-state index contributed by atoms with van der Waals surface area (Å²) in [7, 11) is 0. The van der Waals surface area contributed by atoms with E-state index < -0.39 is 0 Å². The predicted molar refractivity (Wildman–Crippen MR) is 125 cm³/mol. The van der Waals surface area contributed by atoms with Gasteiger partial charge in [0.15, 0.2) is 11.6 Å². The number of nitrogens with one attached hydrogen (secondary N) is 2. The van der Waals surface area contributed by atoms with E-state index in [-0.39, 0.29) is 11.6 Å². The maximum Gasteiger partial charge on any atom is 0.196 e. The van der Waals surface area contributed by atoms with E-state index in [9.17, 15) is 9.59 Å². The maximum absolute atomic E-state index is 13.7. The third kappa shape index (κ3) is 2.21. The first-order valence-corrected chi connectivity index (χ1v) is 10.8. The van der Waals surface area contributed by atoms with E-state index in [1.807, 2.05) is 48.5 Å². The average Bonchev–Trinajstić information content (AvgIpc) is 2.84. The molecule has 4 aromatic rings. The molecule has 0 fully saturated rings. The molecule has 0 saturated carbocycles. The van der Waals surface area contributed by atoms with Crippen LogP contribution >= 0.6 is 0 Å². The number of carbonyl (C=O) groups excluding carboxylic acids is 2. The van der Waals surface area contributed by atoms with Crippen molar-refractivity contribution in [1.29, 1.82) is 0 Å². The van der Waals surface area contributed by atoms with Crippen LogP contribution in [0.3, 0.4) is 0 Å². The molecule has 4 heteroatoms. The van der Waals surface area contributed by atoms with E-state index in [4.69, 9.17) is 0 Å². The molecule has 152 valence electrons. The molecule has 4 nitrogen and oxygen atoms in total. The molecule has 7 rings (SSSR count). The van der Waals surface area contributed by atoms with Gasteiger partial charge >= 0.3 is 0 Å². The third-order valence-electron chi connectivity index (χ3n) is 6.88. The zero-order chi connectivity index (χ0) is 21.4. The number of para-hydroxylation sites is 2. The molecule has 32 heavy (non-hydrogen) atoms. The molecule has 0 bridgehead atoms. The molecule has 0 amide bonds. The Hall–Kier alpha value is -4.18. The van der Waals surface area contributed by atoms with Crippen LogP contribution in [-0.2, 0) is 12.8 Å². The Bertz CT molecular complexity index is 1400. The van der Waals surface area contributed by atoms with Gasteiger partial charge in [0.1, 0.15) is 0 Å². The summed E-state index contributed by atoms with van der Waals surface area (Å²) in [5.74, 6) is -0.191. The summed E-state index contributed by atoms with van der Waals surface area (Å²) in [4.78, 5) is 27.5. The van der Waals surface area contributed by atoms with Crippen LogP contribution in [0.25, 0.3) is 0 Å². The second-order valence-electron chi connectivity index (χ2n) is 8.58. The normalized spacial score (nSPS) is 14.6. The zero-order valence-corrected chi connectivity index (χ0v) is 17.2. The summed E-state index contributed by atoms with van der Waals surface area (Å²) in [6.07, 6.45) is 1.45. The molecule has 2 aliphatic heterocycles. The molecule has 0 spiro atoms. The minimum Gasteiger partial charge on any atom is -0.354 e. The quantitative estimate of drug-likeness (QED) is 0.331. The first kappa shape index (κ1) is 17.5. The van der Waals surface area contributed by atoms with Gasteiger partial charge in [-0.3, -0.25) is 9.59 Å². The summed E-state index contributed by atoms with van der Waals surface area (Å²) in [5.41, 5.74) is 10.1. The van der Waals surface area contributed by atoms with Crippen LogP contribution in [-0.4, -0.2) is 11.6 Å². The van der Waals surface area contributed by atoms with E-state index in [0.29, 0.717) is 22.3 Å². The summed E-state index contributed by atoms with van der Waals surface area (Å²) in [6.45, 7) is 0.